The van der Waals surface area contributed by atoms with Crippen molar-refractivity contribution in [2.24, 2.45) is 0 Å². The number of benzene rings is 1. The smallest absolute Gasteiger partial charge is 0.263 e. The van der Waals surface area contributed by atoms with E-state index >= 15 is 0 Å². The van der Waals surface area contributed by atoms with Crippen LogP contribution in [0.2, 0.25) is 0 Å². The van der Waals surface area contributed by atoms with Gasteiger partial charge in [-0.05, 0) is 38.5 Å². The van der Waals surface area contributed by atoms with Crippen molar-refractivity contribution >= 4 is 22.6 Å². The summed E-state index contributed by atoms with van der Waals surface area (Å²) < 4.78 is 1.31. The van der Waals surface area contributed by atoms with Crippen molar-refractivity contribution in [3.05, 3.63) is 57.8 Å². The Morgan fingerprint density at radius 1 is 1.26 bits per heavy atom. The molecule has 3 aromatic rings. The van der Waals surface area contributed by atoms with Crippen LogP contribution in [0, 0.1) is 20.8 Å². The van der Waals surface area contributed by atoms with E-state index in [1.165, 1.54) is 10.9 Å². The predicted octanol–water partition coefficient (Wildman–Crippen LogP) is 2.29. The third kappa shape index (κ3) is 3.01. The van der Waals surface area contributed by atoms with Crippen molar-refractivity contribution in [1.29, 1.82) is 0 Å². The Balaban J connectivity index is 1.82. The first-order chi connectivity index (χ1) is 10.9. The Kier molecular flexibility index (Phi) is 3.73. The van der Waals surface area contributed by atoms with Crippen LogP contribution in [0.25, 0.3) is 11.0 Å². The number of hydrogen-bond acceptors (Lipinski definition) is 3. The van der Waals surface area contributed by atoms with Crippen LogP contribution < -0.4 is 10.9 Å². The monoisotopic (exact) mass is 310 g/mol. The molecule has 2 N–H and O–H groups in total. The Morgan fingerprint density at radius 2 is 2.04 bits per heavy atom. The Labute approximate surface area is 133 Å². The van der Waals surface area contributed by atoms with Gasteiger partial charge in [0.2, 0.25) is 5.91 Å². The lowest BCUT2D eigenvalue weighted by atomic mass is 10.1. The van der Waals surface area contributed by atoms with Crippen molar-refractivity contribution in [3.8, 4) is 0 Å². The number of aromatic nitrogens is 3. The lowest BCUT2D eigenvalue weighted by Gasteiger charge is -2.10. The summed E-state index contributed by atoms with van der Waals surface area (Å²) in [6, 6.07) is 7.54. The van der Waals surface area contributed by atoms with Crippen LogP contribution in [-0.4, -0.2) is 20.4 Å². The molecule has 3 rings (SSSR count). The van der Waals surface area contributed by atoms with E-state index in [0.717, 1.165) is 22.5 Å². The van der Waals surface area contributed by atoms with E-state index in [9.17, 15) is 9.59 Å². The Morgan fingerprint density at radius 3 is 2.78 bits per heavy atom. The molecule has 0 spiro atoms. The zero-order chi connectivity index (χ0) is 16.6. The fraction of sp³-hybridized carbons (Fsp3) is 0.235. The van der Waals surface area contributed by atoms with E-state index in [1.807, 2.05) is 39.0 Å². The maximum Gasteiger partial charge on any atom is 0.263 e. The average molecular weight is 310 g/mol. The van der Waals surface area contributed by atoms with E-state index < -0.39 is 0 Å². The van der Waals surface area contributed by atoms with Crippen molar-refractivity contribution in [3.63, 3.8) is 0 Å². The second kappa shape index (κ2) is 5.72. The van der Waals surface area contributed by atoms with Gasteiger partial charge >= 0.3 is 0 Å². The van der Waals surface area contributed by atoms with Gasteiger partial charge in [-0.1, -0.05) is 17.7 Å². The fourth-order valence-corrected chi connectivity index (χ4v) is 2.59. The first-order valence-electron chi connectivity index (χ1n) is 7.36. The van der Waals surface area contributed by atoms with Gasteiger partial charge in [0, 0.05) is 11.4 Å². The summed E-state index contributed by atoms with van der Waals surface area (Å²) in [5.74, 6) is -0.257. The third-order valence-electron chi connectivity index (χ3n) is 3.72. The van der Waals surface area contributed by atoms with Crippen molar-refractivity contribution in [2.75, 3.05) is 5.32 Å². The molecule has 2 aromatic heterocycles. The molecule has 0 bridgehead atoms. The summed E-state index contributed by atoms with van der Waals surface area (Å²) in [5, 5.41) is 3.32. The van der Waals surface area contributed by atoms with Crippen LogP contribution in [-0.2, 0) is 11.3 Å². The number of aromatic amines is 1. The van der Waals surface area contributed by atoms with E-state index in [0.29, 0.717) is 11.0 Å². The molecule has 23 heavy (non-hydrogen) atoms. The molecule has 0 fully saturated rings. The molecule has 0 aliphatic rings. The lowest BCUT2D eigenvalue weighted by Crippen LogP contribution is -2.27. The molecule has 0 radical (unpaired) electrons. The predicted molar refractivity (Wildman–Crippen MR) is 89.6 cm³/mol. The third-order valence-corrected chi connectivity index (χ3v) is 3.72. The molecule has 0 atom stereocenters. The molecule has 6 nitrogen and oxygen atoms in total. The van der Waals surface area contributed by atoms with Crippen LogP contribution in [0.3, 0.4) is 0 Å². The normalized spacial score (nSPS) is 10.9. The van der Waals surface area contributed by atoms with E-state index in [2.05, 4.69) is 15.3 Å². The van der Waals surface area contributed by atoms with E-state index in [1.54, 1.807) is 6.07 Å². The molecule has 0 saturated heterocycles. The standard InChI is InChI=1S/C17H18N4O2/c1-10-4-5-14(11(2)6-10)20-15(22)8-21-9-18-16-13(17(21)23)7-12(3)19-16/h4-7,9,19H,8H2,1-3H3,(H,20,22). The van der Waals surface area contributed by atoms with Gasteiger partial charge in [0.1, 0.15) is 18.5 Å². The average Bonchev–Trinajstić information content (AvgIpc) is 2.87. The van der Waals surface area contributed by atoms with Gasteiger partial charge < -0.3 is 10.3 Å². The number of anilines is 1. The van der Waals surface area contributed by atoms with Crippen molar-refractivity contribution < 1.29 is 4.79 Å². The highest BCUT2D eigenvalue weighted by molar-refractivity contribution is 5.91. The first kappa shape index (κ1) is 15.0. The highest BCUT2D eigenvalue weighted by atomic mass is 16.2. The molecule has 118 valence electrons. The van der Waals surface area contributed by atoms with Gasteiger partial charge in [0.15, 0.2) is 0 Å². The van der Waals surface area contributed by atoms with Crippen LogP contribution in [0.15, 0.2) is 35.4 Å². The fourth-order valence-electron chi connectivity index (χ4n) is 2.59. The lowest BCUT2D eigenvalue weighted by molar-refractivity contribution is -0.116. The van der Waals surface area contributed by atoms with Gasteiger partial charge in [-0.15, -0.1) is 0 Å². The largest absolute Gasteiger partial charge is 0.343 e. The Hall–Kier alpha value is -2.89. The number of H-pyrrole nitrogens is 1. The number of fused-ring (bicyclic) bond motifs is 1. The van der Waals surface area contributed by atoms with Gasteiger partial charge in [-0.2, -0.15) is 0 Å². The summed E-state index contributed by atoms with van der Waals surface area (Å²) in [6.45, 7) is 5.72. The maximum absolute atomic E-state index is 12.4. The zero-order valence-corrected chi connectivity index (χ0v) is 13.3. The van der Waals surface area contributed by atoms with Gasteiger partial charge in [0.25, 0.3) is 5.56 Å². The number of rotatable bonds is 3. The SMILES string of the molecule is Cc1ccc(NC(=O)Cn2cnc3[nH]c(C)cc3c2=O)c(C)c1. The molecule has 0 saturated carbocycles. The molecule has 0 unspecified atom stereocenters. The van der Waals surface area contributed by atoms with Crippen LogP contribution in [0.4, 0.5) is 5.69 Å². The summed E-state index contributed by atoms with van der Waals surface area (Å²) in [5.41, 5.74) is 4.05. The second-order valence-electron chi connectivity index (χ2n) is 5.76. The summed E-state index contributed by atoms with van der Waals surface area (Å²) in [4.78, 5) is 31.8. The number of carbonyl (C=O) groups excluding carboxylic acids is 1. The van der Waals surface area contributed by atoms with Crippen LogP contribution >= 0.6 is 0 Å². The zero-order valence-electron chi connectivity index (χ0n) is 13.3. The topological polar surface area (TPSA) is 79.8 Å². The maximum atomic E-state index is 12.4. The van der Waals surface area contributed by atoms with Gasteiger partial charge in [0.05, 0.1) is 5.39 Å². The minimum atomic E-state index is -0.257. The van der Waals surface area contributed by atoms with Crippen LogP contribution in [0.1, 0.15) is 16.8 Å². The van der Waals surface area contributed by atoms with E-state index in [-0.39, 0.29) is 18.0 Å². The molecule has 6 heteroatoms. The highest BCUT2D eigenvalue weighted by Crippen LogP contribution is 2.16. The molecule has 1 amide bonds. The Bertz CT molecular complexity index is 953. The molecular weight excluding hydrogens is 292 g/mol. The van der Waals surface area contributed by atoms with E-state index in [4.69, 9.17) is 0 Å². The molecule has 2 heterocycles. The molecule has 1 aromatic carbocycles. The van der Waals surface area contributed by atoms with Crippen molar-refractivity contribution in [2.45, 2.75) is 27.3 Å². The number of nitrogens with one attached hydrogen (secondary N) is 2. The number of nitrogens with zero attached hydrogens (tertiary/aromatic N) is 2. The summed E-state index contributed by atoms with van der Waals surface area (Å²) in [6.07, 6.45) is 1.39. The quantitative estimate of drug-likeness (QED) is 0.779. The van der Waals surface area contributed by atoms with Crippen molar-refractivity contribution in [1.82, 2.24) is 14.5 Å². The summed E-state index contributed by atoms with van der Waals surface area (Å²) in [7, 11) is 0. The first-order valence-corrected chi connectivity index (χ1v) is 7.36. The minimum Gasteiger partial charge on any atom is -0.343 e. The second-order valence-corrected chi connectivity index (χ2v) is 5.76. The van der Waals surface area contributed by atoms with Crippen LogP contribution in [0.5, 0.6) is 0 Å². The summed E-state index contributed by atoms with van der Waals surface area (Å²) >= 11 is 0. The minimum absolute atomic E-state index is 0.0701. The number of carbonyl (C=O) groups is 1. The number of hydrogen-bond donors (Lipinski definition) is 2. The molecule has 0 aliphatic heterocycles. The number of aryl methyl sites for hydroxylation is 3. The van der Waals surface area contributed by atoms with Gasteiger partial charge in [-0.3, -0.25) is 14.2 Å². The van der Waals surface area contributed by atoms with Gasteiger partial charge in [-0.25, -0.2) is 4.98 Å². The highest BCUT2D eigenvalue weighted by Gasteiger charge is 2.10. The molecule has 0 aliphatic carbocycles. The molecular formula is C17H18N4O2. The number of amides is 1.